The van der Waals surface area contributed by atoms with Crippen LogP contribution >= 0.6 is 0 Å². The zero-order valence-electron chi connectivity index (χ0n) is 9.63. The van der Waals surface area contributed by atoms with E-state index >= 15 is 0 Å². The Morgan fingerprint density at radius 1 is 1.20 bits per heavy atom. The normalized spacial score (nSPS) is 10.1. The third-order valence-electron chi connectivity index (χ3n) is 2.17. The molecule has 0 aliphatic rings. The van der Waals surface area contributed by atoms with E-state index < -0.39 is 0 Å². The van der Waals surface area contributed by atoms with E-state index in [2.05, 4.69) is 55.6 Å². The van der Waals surface area contributed by atoms with E-state index in [9.17, 15) is 0 Å². The van der Waals surface area contributed by atoms with Crippen molar-refractivity contribution in [2.75, 3.05) is 6.54 Å². The lowest BCUT2D eigenvalue weighted by molar-refractivity contribution is -0.711. The molecule has 0 atom stereocenters. The fraction of sp³-hybridized carbons (Fsp3) is 0.545. The lowest BCUT2D eigenvalue weighted by atomic mass is 9.88. The van der Waals surface area contributed by atoms with E-state index in [0.717, 1.165) is 13.1 Å². The Hall–Kier alpha value is 0.0700. The van der Waals surface area contributed by atoms with Crippen molar-refractivity contribution < 1.29 is 45.7 Å². The van der Waals surface area contributed by atoms with Gasteiger partial charge < -0.3 is 39.7 Å². The molecule has 1 heterocycles. The molecule has 0 radical (unpaired) electrons. The van der Waals surface area contributed by atoms with E-state index in [1.165, 1.54) is 5.56 Å². The van der Waals surface area contributed by atoms with Crippen LogP contribution in [0.2, 0.25) is 0 Å². The molecule has 0 aliphatic heterocycles. The Kier molecular flexibility index (Phi) is 8.57. The Balaban J connectivity index is -0.000000563. The SMILES string of the molecule is CC(C)(C)c1cc[n+](CC[NH3+])cc1.[Br-].[Br-].[HH]. The minimum atomic E-state index is 0. The van der Waals surface area contributed by atoms with Gasteiger partial charge in [-0.2, -0.15) is 4.57 Å². The summed E-state index contributed by atoms with van der Waals surface area (Å²) in [6.07, 6.45) is 4.26. The van der Waals surface area contributed by atoms with Gasteiger partial charge in [0.05, 0.1) is 0 Å². The number of pyridine rings is 1. The van der Waals surface area contributed by atoms with Crippen molar-refractivity contribution in [2.45, 2.75) is 32.7 Å². The van der Waals surface area contributed by atoms with Crippen molar-refractivity contribution in [3.05, 3.63) is 30.1 Å². The molecule has 15 heavy (non-hydrogen) atoms. The molecule has 2 nitrogen and oxygen atoms in total. The summed E-state index contributed by atoms with van der Waals surface area (Å²) in [4.78, 5) is 0. The number of hydrogen-bond acceptors (Lipinski definition) is 0. The van der Waals surface area contributed by atoms with Crippen molar-refractivity contribution >= 4 is 0 Å². The van der Waals surface area contributed by atoms with Gasteiger partial charge in [0.2, 0.25) is 0 Å². The summed E-state index contributed by atoms with van der Waals surface area (Å²) >= 11 is 0. The van der Waals surface area contributed by atoms with E-state index in [0.29, 0.717) is 0 Å². The number of halogens is 2. The molecular formula is C11H22Br2N2. The number of aromatic nitrogens is 1. The van der Waals surface area contributed by atoms with Crippen LogP contribution < -0.4 is 44.3 Å². The fourth-order valence-corrected chi connectivity index (χ4v) is 1.29. The maximum absolute atomic E-state index is 3.83. The smallest absolute Gasteiger partial charge is 0.196 e. The third kappa shape index (κ3) is 5.64. The van der Waals surface area contributed by atoms with Crippen molar-refractivity contribution in [3.8, 4) is 0 Å². The number of rotatable bonds is 2. The van der Waals surface area contributed by atoms with Crippen LogP contribution in [0.3, 0.4) is 0 Å². The summed E-state index contributed by atoms with van der Waals surface area (Å²) in [5, 5.41) is 0. The van der Waals surface area contributed by atoms with Crippen LogP contribution in [0.5, 0.6) is 0 Å². The Bertz CT molecular complexity index is 270. The Labute approximate surface area is 115 Å². The highest BCUT2D eigenvalue weighted by Crippen LogP contribution is 2.19. The Morgan fingerprint density at radius 2 is 1.67 bits per heavy atom. The molecule has 1 rings (SSSR count). The maximum Gasteiger partial charge on any atom is 0.196 e. The average molecular weight is 342 g/mol. The van der Waals surface area contributed by atoms with Crippen LogP contribution in [-0.2, 0) is 12.0 Å². The molecule has 0 bridgehead atoms. The van der Waals surface area contributed by atoms with Crippen LogP contribution in [0, 0.1) is 0 Å². The molecule has 0 aliphatic carbocycles. The van der Waals surface area contributed by atoms with Gasteiger partial charge in [-0.05, 0) is 11.0 Å². The van der Waals surface area contributed by atoms with Gasteiger partial charge in [-0.25, -0.2) is 0 Å². The molecule has 1 aromatic rings. The third-order valence-corrected chi connectivity index (χ3v) is 2.17. The first-order valence-electron chi connectivity index (χ1n) is 4.83. The zero-order chi connectivity index (χ0) is 9.90. The standard InChI is InChI=1S/C11H19N2.2BrH.H2/c1-11(2,3)10-4-7-13(8-5-10)9-6-12;;;/h4-5,7-8H,6,9,12H2,1-3H3;3*1H/q+1;;;/p-1. The number of nitrogens with zero attached hydrogens (tertiary/aromatic N) is 1. The first-order valence-corrected chi connectivity index (χ1v) is 4.83. The topological polar surface area (TPSA) is 31.5 Å². The molecule has 0 aromatic carbocycles. The molecule has 0 fully saturated rings. The van der Waals surface area contributed by atoms with Crippen LogP contribution in [0.25, 0.3) is 0 Å². The van der Waals surface area contributed by atoms with Gasteiger partial charge in [0.25, 0.3) is 0 Å². The lowest BCUT2D eigenvalue weighted by Crippen LogP contribution is -3.00. The maximum atomic E-state index is 3.83. The molecule has 4 heteroatoms. The lowest BCUT2D eigenvalue weighted by Gasteiger charge is -2.17. The summed E-state index contributed by atoms with van der Waals surface area (Å²) in [5.74, 6) is 0. The molecule has 0 spiro atoms. The first-order chi connectivity index (χ1) is 6.04. The zero-order valence-corrected chi connectivity index (χ0v) is 12.8. The predicted molar refractivity (Wildman–Crippen MR) is 55.2 cm³/mol. The van der Waals surface area contributed by atoms with Gasteiger partial charge in [0, 0.05) is 13.6 Å². The molecular weight excluding hydrogens is 320 g/mol. The van der Waals surface area contributed by atoms with Crippen LogP contribution in [0.1, 0.15) is 27.8 Å². The van der Waals surface area contributed by atoms with Crippen molar-refractivity contribution in [2.24, 2.45) is 0 Å². The fourth-order valence-electron chi connectivity index (χ4n) is 1.29. The largest absolute Gasteiger partial charge is 1.00 e. The van der Waals surface area contributed by atoms with Crippen molar-refractivity contribution in [3.63, 3.8) is 0 Å². The van der Waals surface area contributed by atoms with E-state index in [1.54, 1.807) is 0 Å². The predicted octanol–water partition coefficient (Wildman–Crippen LogP) is -5.23. The molecule has 90 valence electrons. The van der Waals surface area contributed by atoms with E-state index in [1.807, 2.05) is 0 Å². The second kappa shape index (κ2) is 7.36. The van der Waals surface area contributed by atoms with Gasteiger partial charge in [-0.1, -0.05) is 20.8 Å². The average Bonchev–Trinajstić information content (AvgIpc) is 2.04. The minimum absolute atomic E-state index is 0. The van der Waals surface area contributed by atoms with Gasteiger partial charge >= 0.3 is 0 Å². The summed E-state index contributed by atoms with van der Waals surface area (Å²) in [6.45, 7) is 8.64. The second-order valence-corrected chi connectivity index (χ2v) is 4.43. The monoisotopic (exact) mass is 340 g/mol. The molecule has 0 saturated carbocycles. The second-order valence-electron chi connectivity index (χ2n) is 4.43. The molecule has 0 unspecified atom stereocenters. The number of hydrogen-bond donors (Lipinski definition) is 1. The minimum Gasteiger partial charge on any atom is -1.00 e. The van der Waals surface area contributed by atoms with E-state index in [-0.39, 0.29) is 40.8 Å². The quantitative estimate of drug-likeness (QED) is 0.521. The highest BCUT2D eigenvalue weighted by atomic mass is 79.9. The van der Waals surface area contributed by atoms with Gasteiger partial charge in [-0.15, -0.1) is 0 Å². The van der Waals surface area contributed by atoms with Crippen molar-refractivity contribution in [1.29, 1.82) is 0 Å². The summed E-state index contributed by atoms with van der Waals surface area (Å²) in [5.41, 5.74) is 5.47. The highest BCUT2D eigenvalue weighted by molar-refractivity contribution is 5.17. The van der Waals surface area contributed by atoms with Crippen LogP contribution in [-0.4, -0.2) is 6.54 Å². The van der Waals surface area contributed by atoms with Gasteiger partial charge in [0.1, 0.15) is 6.54 Å². The molecule has 0 saturated heterocycles. The molecule has 1 aromatic heterocycles. The van der Waals surface area contributed by atoms with Gasteiger partial charge in [0.15, 0.2) is 18.9 Å². The van der Waals surface area contributed by atoms with Crippen molar-refractivity contribution in [1.82, 2.24) is 0 Å². The first kappa shape index (κ1) is 17.5. The summed E-state index contributed by atoms with van der Waals surface area (Å²) < 4.78 is 2.17. The summed E-state index contributed by atoms with van der Waals surface area (Å²) in [7, 11) is 0. The number of quaternary nitrogens is 1. The molecule has 3 N–H and O–H groups in total. The van der Waals surface area contributed by atoms with Crippen LogP contribution in [0.4, 0.5) is 0 Å². The Morgan fingerprint density at radius 3 is 2.00 bits per heavy atom. The molecule has 0 amide bonds. The van der Waals surface area contributed by atoms with E-state index in [4.69, 9.17) is 0 Å². The highest BCUT2D eigenvalue weighted by Gasteiger charge is 2.14. The summed E-state index contributed by atoms with van der Waals surface area (Å²) in [6, 6.07) is 4.38. The van der Waals surface area contributed by atoms with Gasteiger partial charge in [-0.3, -0.25) is 0 Å². The van der Waals surface area contributed by atoms with Crippen LogP contribution in [0.15, 0.2) is 24.5 Å².